The zero-order valence-corrected chi connectivity index (χ0v) is 14.2. The molecule has 0 spiro atoms. The number of carbonyl (C=O) groups excluding carboxylic acids is 2. The third-order valence-electron chi connectivity index (χ3n) is 3.97. The van der Waals surface area contributed by atoms with Crippen LogP contribution in [0.4, 0.5) is 0 Å². The smallest absolute Gasteiger partial charge is 0.242 e. The van der Waals surface area contributed by atoms with Gasteiger partial charge in [-0.05, 0) is 32.4 Å². The van der Waals surface area contributed by atoms with Crippen LogP contribution in [0.25, 0.3) is 10.9 Å². The van der Waals surface area contributed by atoms with Gasteiger partial charge in [-0.1, -0.05) is 19.1 Å². The van der Waals surface area contributed by atoms with Crippen LogP contribution in [-0.2, 0) is 16.1 Å². The molecule has 1 heterocycles. The van der Waals surface area contributed by atoms with Crippen molar-refractivity contribution >= 4 is 22.7 Å². The van der Waals surface area contributed by atoms with Crippen molar-refractivity contribution in [2.24, 2.45) is 0 Å². The molecule has 1 aromatic heterocycles. The van der Waals surface area contributed by atoms with E-state index in [-0.39, 0.29) is 29.8 Å². The lowest BCUT2D eigenvalue weighted by Crippen LogP contribution is -2.48. The lowest BCUT2D eigenvalue weighted by atomic mass is 10.2. The summed E-state index contributed by atoms with van der Waals surface area (Å²) in [6, 6.07) is 8.02. The van der Waals surface area contributed by atoms with E-state index < -0.39 is 6.04 Å². The molecule has 2 N–H and O–H groups in total. The second kappa shape index (κ2) is 7.77. The van der Waals surface area contributed by atoms with Crippen LogP contribution in [-0.4, -0.2) is 28.5 Å². The van der Waals surface area contributed by atoms with E-state index in [1.807, 2.05) is 19.9 Å². The molecule has 24 heavy (non-hydrogen) atoms. The summed E-state index contributed by atoms with van der Waals surface area (Å²) in [5, 5.41) is 6.09. The van der Waals surface area contributed by atoms with Crippen molar-refractivity contribution in [1.82, 2.24) is 15.2 Å². The number of para-hydroxylation sites is 1. The summed E-state index contributed by atoms with van der Waals surface area (Å²) in [5.41, 5.74) is 0.611. The number of nitrogens with one attached hydrogen (secondary N) is 2. The van der Waals surface area contributed by atoms with Crippen LogP contribution < -0.4 is 16.1 Å². The molecular formula is C18H23N3O3. The van der Waals surface area contributed by atoms with Gasteiger partial charge in [-0.25, -0.2) is 0 Å². The Balaban J connectivity index is 2.07. The molecule has 0 aliphatic rings. The van der Waals surface area contributed by atoms with Crippen LogP contribution in [0, 0.1) is 0 Å². The maximum atomic E-state index is 12.2. The van der Waals surface area contributed by atoms with Crippen molar-refractivity contribution in [1.29, 1.82) is 0 Å². The van der Waals surface area contributed by atoms with Gasteiger partial charge in [-0.3, -0.25) is 14.4 Å². The molecule has 6 heteroatoms. The fraction of sp³-hybridized carbons (Fsp3) is 0.389. The highest BCUT2D eigenvalue weighted by Gasteiger charge is 2.17. The summed E-state index contributed by atoms with van der Waals surface area (Å²) < 4.78 is 1.70. The Morgan fingerprint density at radius 3 is 2.54 bits per heavy atom. The van der Waals surface area contributed by atoms with Crippen molar-refractivity contribution in [2.45, 2.75) is 45.8 Å². The zero-order chi connectivity index (χ0) is 17.7. The Kier molecular flexibility index (Phi) is 5.73. The molecule has 0 saturated heterocycles. The Labute approximate surface area is 140 Å². The summed E-state index contributed by atoms with van der Waals surface area (Å²) in [4.78, 5) is 36.1. The molecule has 0 unspecified atom stereocenters. The predicted octanol–water partition coefficient (Wildman–Crippen LogP) is 1.42. The van der Waals surface area contributed by atoms with Gasteiger partial charge >= 0.3 is 0 Å². The van der Waals surface area contributed by atoms with Crippen LogP contribution in [0.2, 0.25) is 0 Å². The lowest BCUT2D eigenvalue weighted by molar-refractivity contribution is -0.129. The average molecular weight is 329 g/mol. The van der Waals surface area contributed by atoms with E-state index in [4.69, 9.17) is 0 Å². The number of benzene rings is 1. The first-order valence-corrected chi connectivity index (χ1v) is 8.10. The topological polar surface area (TPSA) is 80.2 Å². The van der Waals surface area contributed by atoms with Gasteiger partial charge < -0.3 is 15.2 Å². The van der Waals surface area contributed by atoms with E-state index in [1.165, 1.54) is 6.07 Å². The Morgan fingerprint density at radius 2 is 1.83 bits per heavy atom. The number of carbonyl (C=O) groups is 2. The maximum absolute atomic E-state index is 12.2. The summed E-state index contributed by atoms with van der Waals surface area (Å²) >= 11 is 0. The largest absolute Gasteiger partial charge is 0.352 e. The molecule has 2 aromatic rings. The second-order valence-electron chi connectivity index (χ2n) is 5.93. The van der Waals surface area contributed by atoms with Crippen LogP contribution in [0.15, 0.2) is 41.3 Å². The van der Waals surface area contributed by atoms with Crippen LogP contribution in [0.5, 0.6) is 0 Å². The lowest BCUT2D eigenvalue weighted by Gasteiger charge is -2.18. The van der Waals surface area contributed by atoms with Crippen LogP contribution in [0.1, 0.15) is 27.2 Å². The van der Waals surface area contributed by atoms with E-state index in [0.29, 0.717) is 10.9 Å². The first-order chi connectivity index (χ1) is 11.4. The molecule has 6 nitrogen and oxygen atoms in total. The first kappa shape index (κ1) is 17.7. The molecule has 0 fully saturated rings. The molecule has 2 atom stereocenters. The van der Waals surface area contributed by atoms with E-state index >= 15 is 0 Å². The Morgan fingerprint density at radius 1 is 1.12 bits per heavy atom. The number of hydrogen-bond acceptors (Lipinski definition) is 3. The minimum absolute atomic E-state index is 0.0434. The molecule has 0 aliphatic carbocycles. The number of rotatable bonds is 6. The number of hydrogen-bond donors (Lipinski definition) is 2. The fourth-order valence-corrected chi connectivity index (χ4v) is 2.38. The van der Waals surface area contributed by atoms with Gasteiger partial charge in [0.2, 0.25) is 11.8 Å². The molecule has 0 bridgehead atoms. The number of amides is 2. The highest BCUT2D eigenvalue weighted by molar-refractivity contribution is 5.88. The third-order valence-corrected chi connectivity index (χ3v) is 3.97. The fourth-order valence-electron chi connectivity index (χ4n) is 2.38. The molecule has 2 amide bonds. The van der Waals surface area contributed by atoms with Crippen molar-refractivity contribution in [2.75, 3.05) is 0 Å². The first-order valence-electron chi connectivity index (χ1n) is 8.10. The third kappa shape index (κ3) is 4.22. The van der Waals surface area contributed by atoms with Crippen molar-refractivity contribution < 1.29 is 9.59 Å². The molecule has 2 rings (SSSR count). The predicted molar refractivity (Wildman–Crippen MR) is 93.7 cm³/mol. The van der Waals surface area contributed by atoms with Crippen LogP contribution in [0.3, 0.4) is 0 Å². The quantitative estimate of drug-likeness (QED) is 0.841. The summed E-state index contributed by atoms with van der Waals surface area (Å²) in [6.45, 7) is 5.59. The van der Waals surface area contributed by atoms with Crippen molar-refractivity contribution in [3.63, 3.8) is 0 Å². The van der Waals surface area contributed by atoms with E-state index in [2.05, 4.69) is 10.6 Å². The van der Waals surface area contributed by atoms with E-state index in [0.717, 1.165) is 6.42 Å². The SMILES string of the molecule is CC[C@H](C)NC(=O)[C@H](C)NC(=O)Cn1ccc(=O)c2ccccc21. The maximum Gasteiger partial charge on any atom is 0.242 e. The summed E-state index contributed by atoms with van der Waals surface area (Å²) in [6.07, 6.45) is 2.42. The Hall–Kier alpha value is -2.63. The number of aromatic nitrogens is 1. The summed E-state index contributed by atoms with van der Waals surface area (Å²) in [5.74, 6) is -0.488. The van der Waals surface area contributed by atoms with Gasteiger partial charge in [0.1, 0.15) is 12.6 Å². The van der Waals surface area contributed by atoms with Crippen molar-refractivity contribution in [3.8, 4) is 0 Å². The van der Waals surface area contributed by atoms with Gasteiger partial charge in [0.15, 0.2) is 5.43 Å². The van der Waals surface area contributed by atoms with E-state index in [9.17, 15) is 14.4 Å². The second-order valence-corrected chi connectivity index (χ2v) is 5.93. The minimum atomic E-state index is -0.614. The van der Waals surface area contributed by atoms with Crippen LogP contribution >= 0.6 is 0 Å². The summed E-state index contributed by atoms with van der Waals surface area (Å²) in [7, 11) is 0. The molecule has 0 aliphatic heterocycles. The van der Waals surface area contributed by atoms with Gasteiger partial charge in [0.05, 0.1) is 5.52 Å². The Bertz CT molecular complexity index is 797. The minimum Gasteiger partial charge on any atom is -0.352 e. The highest BCUT2D eigenvalue weighted by atomic mass is 16.2. The van der Waals surface area contributed by atoms with Crippen molar-refractivity contribution in [3.05, 3.63) is 46.8 Å². The van der Waals surface area contributed by atoms with Gasteiger partial charge in [-0.15, -0.1) is 0 Å². The molecule has 1 aromatic carbocycles. The number of pyridine rings is 1. The van der Waals surface area contributed by atoms with Gasteiger partial charge in [-0.2, -0.15) is 0 Å². The monoisotopic (exact) mass is 329 g/mol. The number of fused-ring (bicyclic) bond motifs is 1. The molecular weight excluding hydrogens is 306 g/mol. The molecule has 128 valence electrons. The van der Waals surface area contributed by atoms with E-state index in [1.54, 1.807) is 35.9 Å². The van der Waals surface area contributed by atoms with Gasteiger partial charge in [0, 0.05) is 23.7 Å². The molecule has 0 saturated carbocycles. The normalized spacial score (nSPS) is 13.3. The zero-order valence-electron chi connectivity index (χ0n) is 14.2. The molecule has 0 radical (unpaired) electrons. The average Bonchev–Trinajstić information content (AvgIpc) is 2.57. The van der Waals surface area contributed by atoms with Gasteiger partial charge in [0.25, 0.3) is 0 Å². The number of nitrogens with zero attached hydrogens (tertiary/aromatic N) is 1. The standard InChI is InChI=1S/C18H23N3O3/c1-4-12(2)19-18(24)13(3)20-17(23)11-21-10-9-16(22)14-7-5-6-8-15(14)21/h5-10,12-13H,4,11H2,1-3H3,(H,19,24)(H,20,23)/t12-,13-/m0/s1. The highest BCUT2D eigenvalue weighted by Crippen LogP contribution is 2.09.